The van der Waals surface area contributed by atoms with Crippen LogP contribution in [0.15, 0.2) is 40.5 Å². The van der Waals surface area contributed by atoms with E-state index in [1.54, 1.807) is 19.1 Å². The number of aromatic nitrogens is 2. The lowest BCUT2D eigenvalue weighted by atomic mass is 10.2. The van der Waals surface area contributed by atoms with Crippen LogP contribution in [0.3, 0.4) is 0 Å². The third-order valence-electron chi connectivity index (χ3n) is 2.19. The number of hydrogen-bond acceptors (Lipinski definition) is 4. The van der Waals surface area contributed by atoms with Crippen molar-refractivity contribution < 1.29 is 14.3 Å². The van der Waals surface area contributed by atoms with Crippen molar-refractivity contribution in [2.24, 2.45) is 0 Å². The lowest BCUT2D eigenvalue weighted by Gasteiger charge is -2.03. The van der Waals surface area contributed by atoms with Gasteiger partial charge in [-0.15, -0.1) is 0 Å². The van der Waals surface area contributed by atoms with Crippen molar-refractivity contribution in [2.45, 2.75) is 17.0 Å². The first-order valence-corrected chi connectivity index (χ1v) is 5.88. The van der Waals surface area contributed by atoms with Crippen molar-refractivity contribution in [3.8, 4) is 0 Å². The predicted molar refractivity (Wildman–Crippen MR) is 64.3 cm³/mol. The summed E-state index contributed by atoms with van der Waals surface area (Å²) in [4.78, 5) is 19.5. The van der Waals surface area contributed by atoms with Gasteiger partial charge in [0.05, 0.1) is 11.3 Å². The van der Waals surface area contributed by atoms with E-state index in [0.29, 0.717) is 15.7 Å². The van der Waals surface area contributed by atoms with Gasteiger partial charge in [0.2, 0.25) is 0 Å². The lowest BCUT2D eigenvalue weighted by molar-refractivity contribution is 0.0695. The van der Waals surface area contributed by atoms with E-state index >= 15 is 0 Å². The molecule has 0 bridgehead atoms. The number of nitrogens with zero attached hydrogens (tertiary/aromatic N) is 2. The largest absolute Gasteiger partial charge is 0.478 e. The Kier molecular flexibility index (Phi) is 3.57. The number of aromatic carboxylic acids is 1. The zero-order valence-electron chi connectivity index (χ0n) is 9.42. The van der Waals surface area contributed by atoms with Crippen LogP contribution in [0, 0.1) is 12.7 Å². The van der Waals surface area contributed by atoms with E-state index in [1.807, 2.05) is 0 Å². The van der Waals surface area contributed by atoms with E-state index in [2.05, 4.69) is 9.97 Å². The number of aryl methyl sites for hydroxylation is 1. The molecule has 0 fully saturated rings. The predicted octanol–water partition coefficient (Wildman–Crippen LogP) is 2.77. The highest BCUT2D eigenvalue weighted by Gasteiger charge is 2.10. The molecule has 1 aromatic heterocycles. The SMILES string of the molecule is Cc1nc(Sc2cccc(F)c2)ncc1C(=O)O. The Labute approximate surface area is 107 Å². The van der Waals surface area contributed by atoms with Crippen LogP contribution in [0.25, 0.3) is 0 Å². The number of carbonyl (C=O) groups is 1. The smallest absolute Gasteiger partial charge is 0.339 e. The van der Waals surface area contributed by atoms with Gasteiger partial charge in [0.25, 0.3) is 0 Å². The second-order valence-electron chi connectivity index (χ2n) is 3.52. The molecule has 0 saturated heterocycles. The maximum Gasteiger partial charge on any atom is 0.339 e. The Balaban J connectivity index is 2.25. The van der Waals surface area contributed by atoms with Gasteiger partial charge in [-0.2, -0.15) is 0 Å². The van der Waals surface area contributed by atoms with Gasteiger partial charge in [0.1, 0.15) is 5.82 Å². The molecule has 2 aromatic rings. The number of hydrogen-bond donors (Lipinski definition) is 1. The highest BCUT2D eigenvalue weighted by molar-refractivity contribution is 7.99. The molecule has 0 spiro atoms. The highest BCUT2D eigenvalue weighted by atomic mass is 32.2. The number of carboxylic acid groups (broad SMARTS) is 1. The van der Waals surface area contributed by atoms with Crippen LogP contribution >= 0.6 is 11.8 Å². The van der Waals surface area contributed by atoms with Crippen molar-refractivity contribution in [3.63, 3.8) is 0 Å². The van der Waals surface area contributed by atoms with E-state index in [0.717, 1.165) is 0 Å². The number of benzene rings is 1. The first kappa shape index (κ1) is 12.5. The van der Waals surface area contributed by atoms with Gasteiger partial charge in [0, 0.05) is 11.1 Å². The lowest BCUT2D eigenvalue weighted by Crippen LogP contribution is -2.03. The van der Waals surface area contributed by atoms with Gasteiger partial charge >= 0.3 is 5.97 Å². The van der Waals surface area contributed by atoms with Crippen molar-refractivity contribution in [3.05, 3.63) is 47.5 Å². The molecule has 0 radical (unpaired) electrons. The average Bonchev–Trinajstić information content (AvgIpc) is 2.28. The normalized spacial score (nSPS) is 10.3. The molecule has 4 nitrogen and oxygen atoms in total. The summed E-state index contributed by atoms with van der Waals surface area (Å²) in [6, 6.07) is 6.05. The molecule has 1 heterocycles. The van der Waals surface area contributed by atoms with Gasteiger partial charge in [-0.3, -0.25) is 0 Å². The van der Waals surface area contributed by atoms with Crippen molar-refractivity contribution in [2.75, 3.05) is 0 Å². The van der Waals surface area contributed by atoms with Crippen molar-refractivity contribution in [1.29, 1.82) is 0 Å². The zero-order valence-corrected chi connectivity index (χ0v) is 10.2. The summed E-state index contributed by atoms with van der Waals surface area (Å²) in [5, 5.41) is 9.24. The molecular weight excluding hydrogens is 255 g/mol. The third kappa shape index (κ3) is 2.84. The fourth-order valence-electron chi connectivity index (χ4n) is 1.34. The fourth-order valence-corrected chi connectivity index (χ4v) is 2.16. The minimum absolute atomic E-state index is 0.0681. The number of carboxylic acids is 1. The van der Waals surface area contributed by atoms with Gasteiger partial charge in [-0.25, -0.2) is 19.2 Å². The molecule has 1 N–H and O–H groups in total. The third-order valence-corrected chi connectivity index (χ3v) is 3.06. The highest BCUT2D eigenvalue weighted by Crippen LogP contribution is 2.25. The van der Waals surface area contributed by atoms with Crippen LogP contribution in [-0.4, -0.2) is 21.0 Å². The second-order valence-corrected chi connectivity index (χ2v) is 4.56. The van der Waals surface area contributed by atoms with E-state index in [4.69, 9.17) is 5.11 Å². The van der Waals surface area contributed by atoms with Crippen LogP contribution in [0.4, 0.5) is 4.39 Å². The van der Waals surface area contributed by atoms with Crippen LogP contribution in [0.2, 0.25) is 0 Å². The molecule has 0 saturated carbocycles. The molecule has 1 aromatic carbocycles. The van der Waals surface area contributed by atoms with E-state index in [9.17, 15) is 9.18 Å². The second kappa shape index (κ2) is 5.14. The first-order valence-electron chi connectivity index (χ1n) is 5.06. The minimum Gasteiger partial charge on any atom is -0.478 e. The Morgan fingerprint density at radius 2 is 2.22 bits per heavy atom. The molecule has 6 heteroatoms. The van der Waals surface area contributed by atoms with Crippen LogP contribution in [0.1, 0.15) is 16.1 Å². The van der Waals surface area contributed by atoms with E-state index < -0.39 is 5.97 Å². The summed E-state index contributed by atoms with van der Waals surface area (Å²) < 4.78 is 13.0. The molecular formula is C12H9FN2O2S. The average molecular weight is 264 g/mol. The Morgan fingerprint density at radius 1 is 1.44 bits per heavy atom. The summed E-state index contributed by atoms with van der Waals surface area (Å²) >= 11 is 1.18. The Morgan fingerprint density at radius 3 is 2.83 bits per heavy atom. The van der Waals surface area contributed by atoms with E-state index in [-0.39, 0.29) is 11.4 Å². The van der Waals surface area contributed by atoms with Crippen LogP contribution < -0.4 is 0 Å². The standard InChI is InChI=1S/C12H9FN2O2S/c1-7-10(11(16)17)6-14-12(15-7)18-9-4-2-3-8(13)5-9/h2-6H,1H3,(H,16,17). The van der Waals surface area contributed by atoms with E-state index in [1.165, 1.54) is 30.1 Å². The first-order chi connectivity index (χ1) is 8.56. The quantitative estimate of drug-likeness (QED) is 0.864. The van der Waals surface area contributed by atoms with Gasteiger partial charge in [0.15, 0.2) is 5.16 Å². The molecule has 0 unspecified atom stereocenters. The Hall–Kier alpha value is -1.95. The molecule has 0 aliphatic carbocycles. The zero-order chi connectivity index (χ0) is 13.1. The fraction of sp³-hybridized carbons (Fsp3) is 0.0833. The summed E-state index contributed by atoms with van der Waals surface area (Å²) in [6.07, 6.45) is 1.26. The summed E-state index contributed by atoms with van der Waals surface area (Å²) in [7, 11) is 0. The van der Waals surface area contributed by atoms with Crippen LogP contribution in [0.5, 0.6) is 0 Å². The molecule has 0 amide bonds. The number of rotatable bonds is 3. The summed E-state index contributed by atoms with van der Waals surface area (Å²) in [5.74, 6) is -1.39. The molecule has 0 atom stereocenters. The molecule has 18 heavy (non-hydrogen) atoms. The molecule has 0 aliphatic heterocycles. The molecule has 2 rings (SSSR count). The molecule has 92 valence electrons. The van der Waals surface area contributed by atoms with Gasteiger partial charge < -0.3 is 5.11 Å². The van der Waals surface area contributed by atoms with Crippen molar-refractivity contribution >= 4 is 17.7 Å². The summed E-state index contributed by atoms with van der Waals surface area (Å²) in [6.45, 7) is 1.60. The monoisotopic (exact) mass is 264 g/mol. The maximum absolute atomic E-state index is 13.0. The maximum atomic E-state index is 13.0. The topological polar surface area (TPSA) is 63.1 Å². The van der Waals surface area contributed by atoms with Gasteiger partial charge in [-0.1, -0.05) is 6.07 Å². The Bertz CT molecular complexity index is 604. The molecule has 0 aliphatic rings. The summed E-state index contributed by atoms with van der Waals surface area (Å²) in [5.41, 5.74) is 0.454. The number of halogens is 1. The van der Waals surface area contributed by atoms with Crippen molar-refractivity contribution in [1.82, 2.24) is 9.97 Å². The van der Waals surface area contributed by atoms with Gasteiger partial charge in [-0.05, 0) is 36.9 Å². The van der Waals surface area contributed by atoms with Crippen LogP contribution in [-0.2, 0) is 0 Å². The minimum atomic E-state index is -1.06.